The molecule has 1 aromatic rings. The number of hydrogen-bond donors (Lipinski definition) is 1. The topological polar surface area (TPSA) is 41.6 Å². The molecule has 1 aromatic carbocycles. The second-order valence-electron chi connectivity index (χ2n) is 7.29. The molecule has 1 fully saturated rings. The Morgan fingerprint density at radius 2 is 2.04 bits per heavy atom. The Morgan fingerprint density at radius 3 is 2.67 bits per heavy atom. The smallest absolute Gasteiger partial charge is 0.410 e. The Morgan fingerprint density at radius 1 is 1.33 bits per heavy atom. The molecular weight excluding hydrogens is 347 g/mol. The van der Waals surface area contributed by atoms with E-state index in [1.165, 1.54) is 0 Å². The summed E-state index contributed by atoms with van der Waals surface area (Å²) in [7, 11) is 0. The summed E-state index contributed by atoms with van der Waals surface area (Å²) >= 11 is 12.0. The van der Waals surface area contributed by atoms with Crippen LogP contribution in [0.2, 0.25) is 10.0 Å². The van der Waals surface area contributed by atoms with Crippen molar-refractivity contribution >= 4 is 29.3 Å². The summed E-state index contributed by atoms with van der Waals surface area (Å²) in [5, 5.41) is 4.65. The van der Waals surface area contributed by atoms with Crippen LogP contribution < -0.4 is 5.32 Å². The third kappa shape index (κ3) is 5.27. The van der Waals surface area contributed by atoms with Crippen LogP contribution in [0.4, 0.5) is 4.79 Å². The van der Waals surface area contributed by atoms with Crippen LogP contribution in [0, 0.1) is 0 Å². The molecule has 1 saturated heterocycles. The molecule has 2 unspecified atom stereocenters. The van der Waals surface area contributed by atoms with E-state index in [-0.39, 0.29) is 18.2 Å². The normalized spacial score (nSPS) is 21.7. The quantitative estimate of drug-likeness (QED) is 0.822. The van der Waals surface area contributed by atoms with Gasteiger partial charge in [-0.2, -0.15) is 0 Å². The van der Waals surface area contributed by atoms with Gasteiger partial charge in [0, 0.05) is 25.2 Å². The molecule has 134 valence electrons. The molecule has 24 heavy (non-hydrogen) atoms. The Bertz CT molecular complexity index is 587. The second kappa shape index (κ2) is 7.94. The van der Waals surface area contributed by atoms with Crippen LogP contribution in [0.1, 0.15) is 46.1 Å². The highest BCUT2D eigenvalue weighted by molar-refractivity contribution is 6.42. The van der Waals surface area contributed by atoms with Crippen molar-refractivity contribution in [3.05, 3.63) is 33.8 Å². The number of rotatable bonds is 3. The Balaban J connectivity index is 1.95. The molecule has 0 radical (unpaired) electrons. The number of piperidine rings is 1. The highest BCUT2D eigenvalue weighted by Crippen LogP contribution is 2.24. The van der Waals surface area contributed by atoms with E-state index >= 15 is 0 Å². The predicted octanol–water partition coefficient (Wildman–Crippen LogP) is 4.87. The number of carbonyl (C=O) groups is 1. The summed E-state index contributed by atoms with van der Waals surface area (Å²) in [4.78, 5) is 14.2. The van der Waals surface area contributed by atoms with Crippen LogP contribution in [0.3, 0.4) is 0 Å². The first kappa shape index (κ1) is 19.4. The lowest BCUT2D eigenvalue weighted by molar-refractivity contribution is 0.00699. The van der Waals surface area contributed by atoms with E-state index in [9.17, 15) is 4.79 Å². The lowest BCUT2D eigenvalue weighted by atomic mass is 9.97. The molecule has 2 rings (SSSR count). The van der Waals surface area contributed by atoms with Gasteiger partial charge in [-0.1, -0.05) is 29.3 Å². The SMILES string of the molecule is CC1C(NCc2ccc(Cl)c(Cl)c2)CCCN1C(=O)OC(C)(C)C. The van der Waals surface area contributed by atoms with Gasteiger partial charge >= 0.3 is 6.09 Å². The standard InChI is InChI=1S/C18H26Cl2N2O2/c1-12-16(21-11-13-7-8-14(19)15(20)10-13)6-5-9-22(12)17(23)24-18(2,3)4/h7-8,10,12,16,21H,5-6,9,11H2,1-4H3. The monoisotopic (exact) mass is 372 g/mol. The molecule has 0 bridgehead atoms. The summed E-state index contributed by atoms with van der Waals surface area (Å²) in [6, 6.07) is 5.94. The number of nitrogens with zero attached hydrogens (tertiary/aromatic N) is 1. The lowest BCUT2D eigenvalue weighted by Gasteiger charge is -2.40. The molecule has 1 heterocycles. The Hall–Kier alpha value is -0.970. The molecule has 0 aromatic heterocycles. The molecule has 2 atom stereocenters. The molecule has 0 saturated carbocycles. The van der Waals surface area contributed by atoms with Crippen LogP contribution in [-0.4, -0.2) is 35.2 Å². The fraction of sp³-hybridized carbons (Fsp3) is 0.611. The molecule has 0 aliphatic carbocycles. The van der Waals surface area contributed by atoms with Crippen LogP contribution in [-0.2, 0) is 11.3 Å². The van der Waals surface area contributed by atoms with E-state index in [0.717, 1.165) is 24.9 Å². The van der Waals surface area contributed by atoms with Gasteiger partial charge in [0.15, 0.2) is 0 Å². The van der Waals surface area contributed by atoms with Crippen molar-refractivity contribution in [1.29, 1.82) is 0 Å². The Kier molecular flexibility index (Phi) is 6.40. The number of hydrogen-bond acceptors (Lipinski definition) is 3. The second-order valence-corrected chi connectivity index (χ2v) is 8.11. The van der Waals surface area contributed by atoms with E-state index in [1.807, 2.05) is 37.8 Å². The van der Waals surface area contributed by atoms with Gasteiger partial charge in [-0.15, -0.1) is 0 Å². The third-order valence-corrected chi connectivity index (χ3v) is 4.91. The molecule has 6 heteroatoms. The highest BCUT2D eigenvalue weighted by atomic mass is 35.5. The van der Waals surface area contributed by atoms with E-state index in [1.54, 1.807) is 6.07 Å². The molecule has 4 nitrogen and oxygen atoms in total. The fourth-order valence-corrected chi connectivity index (χ4v) is 3.21. The number of likely N-dealkylation sites (tertiary alicyclic amines) is 1. The molecule has 1 amide bonds. The lowest BCUT2D eigenvalue weighted by Crippen LogP contribution is -2.55. The first-order valence-corrected chi connectivity index (χ1v) is 9.10. The Labute approximate surface area is 154 Å². The largest absolute Gasteiger partial charge is 0.444 e. The zero-order chi connectivity index (χ0) is 17.9. The number of carbonyl (C=O) groups excluding carboxylic acids is 1. The minimum atomic E-state index is -0.475. The first-order valence-electron chi connectivity index (χ1n) is 8.34. The van der Waals surface area contributed by atoms with Gasteiger partial charge in [-0.25, -0.2) is 4.79 Å². The van der Waals surface area contributed by atoms with Crippen LogP contribution in [0.5, 0.6) is 0 Å². The van der Waals surface area contributed by atoms with E-state index in [0.29, 0.717) is 16.6 Å². The first-order chi connectivity index (χ1) is 11.2. The molecule has 1 aliphatic heterocycles. The van der Waals surface area contributed by atoms with Gasteiger partial charge in [-0.3, -0.25) is 0 Å². The highest BCUT2D eigenvalue weighted by Gasteiger charge is 2.33. The van der Waals surface area contributed by atoms with Crippen molar-refractivity contribution in [2.24, 2.45) is 0 Å². The number of benzene rings is 1. The molecule has 0 spiro atoms. The van der Waals surface area contributed by atoms with E-state index < -0.39 is 5.60 Å². The van der Waals surface area contributed by atoms with Crippen molar-refractivity contribution in [2.75, 3.05) is 6.54 Å². The minimum Gasteiger partial charge on any atom is -0.444 e. The molecule has 1 N–H and O–H groups in total. The number of amides is 1. The van der Waals surface area contributed by atoms with Gasteiger partial charge in [0.1, 0.15) is 5.60 Å². The number of halogens is 2. The van der Waals surface area contributed by atoms with Gasteiger partial charge < -0.3 is 15.0 Å². The molecular formula is C18H26Cl2N2O2. The zero-order valence-corrected chi connectivity index (χ0v) is 16.2. The maximum atomic E-state index is 12.4. The van der Waals surface area contributed by atoms with Crippen molar-refractivity contribution in [2.45, 2.75) is 64.8 Å². The average molecular weight is 373 g/mol. The van der Waals surface area contributed by atoms with Crippen LogP contribution in [0.25, 0.3) is 0 Å². The van der Waals surface area contributed by atoms with Crippen LogP contribution in [0.15, 0.2) is 18.2 Å². The van der Waals surface area contributed by atoms with Gasteiger partial charge in [-0.05, 0) is 58.2 Å². The fourth-order valence-electron chi connectivity index (χ4n) is 2.89. The van der Waals surface area contributed by atoms with Gasteiger partial charge in [0.25, 0.3) is 0 Å². The van der Waals surface area contributed by atoms with Gasteiger partial charge in [0.05, 0.1) is 10.0 Å². The van der Waals surface area contributed by atoms with Gasteiger partial charge in [0.2, 0.25) is 0 Å². The zero-order valence-electron chi connectivity index (χ0n) is 14.7. The minimum absolute atomic E-state index is 0.0800. The summed E-state index contributed by atoms with van der Waals surface area (Å²) in [5.41, 5.74) is 0.600. The van der Waals surface area contributed by atoms with Crippen molar-refractivity contribution in [3.63, 3.8) is 0 Å². The van der Waals surface area contributed by atoms with Crippen molar-refractivity contribution in [1.82, 2.24) is 10.2 Å². The summed E-state index contributed by atoms with van der Waals surface area (Å²) in [5.74, 6) is 0. The maximum absolute atomic E-state index is 12.4. The summed E-state index contributed by atoms with van der Waals surface area (Å²) in [6.45, 7) is 9.16. The maximum Gasteiger partial charge on any atom is 0.410 e. The predicted molar refractivity (Wildman–Crippen MR) is 98.7 cm³/mol. The summed E-state index contributed by atoms with van der Waals surface area (Å²) in [6.07, 6.45) is 1.75. The van der Waals surface area contributed by atoms with Crippen molar-refractivity contribution in [3.8, 4) is 0 Å². The molecule has 1 aliphatic rings. The van der Waals surface area contributed by atoms with Crippen molar-refractivity contribution < 1.29 is 9.53 Å². The average Bonchev–Trinajstić information content (AvgIpc) is 2.47. The van der Waals surface area contributed by atoms with E-state index in [4.69, 9.17) is 27.9 Å². The number of nitrogens with one attached hydrogen (secondary N) is 1. The van der Waals surface area contributed by atoms with Crippen LogP contribution >= 0.6 is 23.2 Å². The number of ether oxygens (including phenoxy) is 1. The summed E-state index contributed by atoms with van der Waals surface area (Å²) < 4.78 is 5.51. The van der Waals surface area contributed by atoms with E-state index in [2.05, 4.69) is 12.2 Å². The third-order valence-electron chi connectivity index (χ3n) is 4.17.